The van der Waals surface area contributed by atoms with E-state index in [2.05, 4.69) is 0 Å². The molecule has 0 heterocycles. The van der Waals surface area contributed by atoms with Crippen LogP contribution in [-0.4, -0.2) is 44.0 Å². The van der Waals surface area contributed by atoms with E-state index in [0.717, 1.165) is 0 Å². The van der Waals surface area contributed by atoms with Crippen LogP contribution in [0, 0.1) is 0 Å². The third-order valence-corrected chi connectivity index (χ3v) is 4.98. The van der Waals surface area contributed by atoms with E-state index in [9.17, 15) is 17.2 Å². The molecule has 0 aliphatic rings. The van der Waals surface area contributed by atoms with Crippen molar-refractivity contribution < 1.29 is 22.3 Å². The quantitative estimate of drug-likeness (QED) is 0.888. The number of alkyl halides is 2. The second-order valence-corrected chi connectivity index (χ2v) is 6.36. The van der Waals surface area contributed by atoms with Gasteiger partial charge in [-0.2, -0.15) is 4.31 Å². The molecular weight excluding hydrogens is 300 g/mol. The Morgan fingerprint density at radius 1 is 1.10 bits per heavy atom. The molecule has 1 N–H and O–H groups in total. The Labute approximate surface area is 121 Å². The molecule has 0 spiro atoms. The lowest BCUT2D eigenvalue weighted by Crippen LogP contribution is -2.37. The molecular formula is C14H15F2NO3S. The summed E-state index contributed by atoms with van der Waals surface area (Å²) in [6.45, 7) is -1.82. The summed E-state index contributed by atoms with van der Waals surface area (Å²) in [5.41, 5.74) is 0. The minimum atomic E-state index is -4.09. The highest BCUT2D eigenvalue weighted by Gasteiger charge is 2.28. The number of fused-ring (bicyclic) bond motifs is 1. The van der Waals surface area contributed by atoms with E-state index >= 15 is 0 Å². The number of sulfonamides is 1. The Morgan fingerprint density at radius 3 is 2.43 bits per heavy atom. The predicted octanol–water partition coefficient (Wildman–Crippen LogP) is 2.09. The summed E-state index contributed by atoms with van der Waals surface area (Å²) in [5.74, 6) is 0. The number of aliphatic hydroxyl groups excluding tert-OH is 1. The molecule has 0 bridgehead atoms. The summed E-state index contributed by atoms with van der Waals surface area (Å²) >= 11 is 0. The molecule has 2 aromatic rings. The third kappa shape index (κ3) is 3.37. The molecule has 0 amide bonds. The molecule has 0 aliphatic heterocycles. The van der Waals surface area contributed by atoms with Crippen molar-refractivity contribution in [3.8, 4) is 0 Å². The summed E-state index contributed by atoms with van der Waals surface area (Å²) < 4.78 is 50.9. The number of halogens is 2. The Balaban J connectivity index is 2.54. The van der Waals surface area contributed by atoms with Crippen molar-refractivity contribution >= 4 is 20.8 Å². The first-order valence-electron chi connectivity index (χ1n) is 6.33. The van der Waals surface area contributed by atoms with Crippen molar-refractivity contribution in [3.63, 3.8) is 0 Å². The second-order valence-electron chi connectivity index (χ2n) is 4.46. The normalized spacial score (nSPS) is 12.4. The zero-order valence-corrected chi connectivity index (χ0v) is 11.9. The summed E-state index contributed by atoms with van der Waals surface area (Å²) in [6, 6.07) is 11.5. The Kier molecular flexibility index (Phi) is 4.87. The highest BCUT2D eigenvalue weighted by atomic mass is 32.2. The number of hydrogen-bond donors (Lipinski definition) is 1. The van der Waals surface area contributed by atoms with Gasteiger partial charge >= 0.3 is 0 Å². The van der Waals surface area contributed by atoms with Crippen LogP contribution in [0.2, 0.25) is 0 Å². The van der Waals surface area contributed by atoms with Crippen molar-refractivity contribution in [2.45, 2.75) is 11.3 Å². The van der Waals surface area contributed by atoms with E-state index in [0.29, 0.717) is 15.1 Å². The molecule has 4 nitrogen and oxygen atoms in total. The maximum Gasteiger partial charge on any atom is 0.252 e. The summed E-state index contributed by atoms with van der Waals surface area (Å²) in [6.07, 6.45) is -2.80. The molecule has 0 aromatic heterocycles. The van der Waals surface area contributed by atoms with Gasteiger partial charge < -0.3 is 5.11 Å². The van der Waals surface area contributed by atoms with Gasteiger partial charge in [-0.25, -0.2) is 17.2 Å². The second kappa shape index (κ2) is 6.46. The lowest BCUT2D eigenvalue weighted by molar-refractivity contribution is 0.113. The molecule has 0 radical (unpaired) electrons. The highest BCUT2D eigenvalue weighted by molar-refractivity contribution is 7.89. The summed E-state index contributed by atoms with van der Waals surface area (Å²) in [5, 5.41) is 10.1. The number of rotatable bonds is 6. The fraction of sp³-hybridized carbons (Fsp3) is 0.286. The number of hydrogen-bond acceptors (Lipinski definition) is 3. The maximum atomic E-state index is 12.6. The van der Waals surface area contributed by atoms with Gasteiger partial charge in [0.25, 0.3) is 6.43 Å². The molecule has 0 saturated carbocycles. The van der Waals surface area contributed by atoms with Crippen LogP contribution in [0.1, 0.15) is 0 Å². The van der Waals surface area contributed by atoms with Crippen molar-refractivity contribution in [3.05, 3.63) is 42.5 Å². The van der Waals surface area contributed by atoms with Gasteiger partial charge in [-0.05, 0) is 11.5 Å². The summed E-state index contributed by atoms with van der Waals surface area (Å²) in [4.78, 5) is -0.0327. The lowest BCUT2D eigenvalue weighted by atomic mass is 10.1. The van der Waals surface area contributed by atoms with Crippen molar-refractivity contribution in [1.29, 1.82) is 0 Å². The third-order valence-electron chi connectivity index (χ3n) is 3.06. The number of benzene rings is 2. The van der Waals surface area contributed by atoms with Crippen molar-refractivity contribution in [1.82, 2.24) is 4.31 Å². The van der Waals surface area contributed by atoms with Crippen molar-refractivity contribution in [2.75, 3.05) is 19.7 Å². The van der Waals surface area contributed by atoms with Crippen molar-refractivity contribution in [2.24, 2.45) is 0 Å². The number of nitrogens with zero attached hydrogens (tertiary/aromatic N) is 1. The minimum Gasteiger partial charge on any atom is -0.395 e. The van der Waals surface area contributed by atoms with E-state index in [-0.39, 0.29) is 11.4 Å². The van der Waals surface area contributed by atoms with Crippen LogP contribution < -0.4 is 0 Å². The molecule has 0 atom stereocenters. The first kappa shape index (κ1) is 15.8. The SMILES string of the molecule is O=S(=O)(c1cccc2ccccc12)N(CCO)CC(F)F. The predicted molar refractivity (Wildman–Crippen MR) is 75.8 cm³/mol. The van der Waals surface area contributed by atoms with Gasteiger partial charge in [-0.3, -0.25) is 0 Å². The average Bonchev–Trinajstić information content (AvgIpc) is 2.45. The highest BCUT2D eigenvalue weighted by Crippen LogP contribution is 2.25. The van der Waals surface area contributed by atoms with Crippen LogP contribution in [0.3, 0.4) is 0 Å². The zero-order chi connectivity index (χ0) is 15.5. The first-order valence-corrected chi connectivity index (χ1v) is 7.77. The van der Waals surface area contributed by atoms with Crippen LogP contribution in [-0.2, 0) is 10.0 Å². The van der Waals surface area contributed by atoms with Gasteiger partial charge in [-0.15, -0.1) is 0 Å². The van der Waals surface area contributed by atoms with Crippen LogP contribution in [0.4, 0.5) is 8.78 Å². The molecule has 0 aliphatic carbocycles. The van der Waals surface area contributed by atoms with Gasteiger partial charge in [0.15, 0.2) is 0 Å². The zero-order valence-electron chi connectivity index (χ0n) is 11.1. The molecule has 0 unspecified atom stereocenters. The van der Waals surface area contributed by atoms with E-state index in [1.165, 1.54) is 6.07 Å². The Bertz CT molecular complexity index is 714. The maximum absolute atomic E-state index is 12.6. The topological polar surface area (TPSA) is 57.6 Å². The van der Waals surface area contributed by atoms with Gasteiger partial charge in [-0.1, -0.05) is 36.4 Å². The standard InChI is InChI=1S/C14H15F2NO3S/c15-14(16)10-17(8-9-18)21(19,20)13-7-3-5-11-4-1-2-6-12(11)13/h1-7,14,18H,8-10H2. The van der Waals surface area contributed by atoms with Gasteiger partial charge in [0, 0.05) is 11.9 Å². The molecule has 114 valence electrons. The molecule has 2 rings (SSSR count). The average molecular weight is 315 g/mol. The van der Waals surface area contributed by atoms with Crippen LogP contribution >= 0.6 is 0 Å². The van der Waals surface area contributed by atoms with Crippen LogP contribution in [0.25, 0.3) is 10.8 Å². The molecule has 7 heteroatoms. The number of aliphatic hydroxyl groups is 1. The first-order chi connectivity index (χ1) is 9.96. The van der Waals surface area contributed by atoms with Crippen LogP contribution in [0.5, 0.6) is 0 Å². The smallest absolute Gasteiger partial charge is 0.252 e. The minimum absolute atomic E-state index is 0.0327. The molecule has 21 heavy (non-hydrogen) atoms. The molecule has 2 aromatic carbocycles. The molecule has 0 fully saturated rings. The van der Waals surface area contributed by atoms with E-state index in [1.54, 1.807) is 36.4 Å². The Morgan fingerprint density at radius 2 is 1.76 bits per heavy atom. The van der Waals surface area contributed by atoms with Gasteiger partial charge in [0.05, 0.1) is 18.0 Å². The monoisotopic (exact) mass is 315 g/mol. The lowest BCUT2D eigenvalue weighted by Gasteiger charge is -2.21. The van der Waals surface area contributed by atoms with Gasteiger partial charge in [0.2, 0.25) is 10.0 Å². The van der Waals surface area contributed by atoms with E-state index < -0.39 is 29.6 Å². The fourth-order valence-corrected chi connectivity index (χ4v) is 3.76. The van der Waals surface area contributed by atoms with E-state index in [4.69, 9.17) is 5.11 Å². The van der Waals surface area contributed by atoms with Gasteiger partial charge in [0.1, 0.15) is 0 Å². The molecule has 0 saturated heterocycles. The summed E-state index contributed by atoms with van der Waals surface area (Å²) in [7, 11) is -4.09. The fourth-order valence-electron chi connectivity index (χ4n) is 2.13. The largest absolute Gasteiger partial charge is 0.395 e. The van der Waals surface area contributed by atoms with Crippen LogP contribution in [0.15, 0.2) is 47.4 Å². The van der Waals surface area contributed by atoms with E-state index in [1.807, 2.05) is 0 Å². The Hall–Kier alpha value is -1.57.